The maximum absolute atomic E-state index is 13.1. The van der Waals surface area contributed by atoms with Crippen molar-refractivity contribution in [2.24, 2.45) is 0 Å². The molecule has 0 aromatic rings. The Balaban J connectivity index is 5.43. The minimum atomic E-state index is -5.00. The molecular formula is C85H140O17P2. The van der Waals surface area contributed by atoms with E-state index in [-0.39, 0.29) is 25.7 Å². The van der Waals surface area contributed by atoms with E-state index in [1.54, 1.807) is 0 Å². The maximum atomic E-state index is 13.1. The molecule has 592 valence electrons. The van der Waals surface area contributed by atoms with Gasteiger partial charge in [0.25, 0.3) is 0 Å². The summed E-state index contributed by atoms with van der Waals surface area (Å²) in [5.41, 5.74) is 0. The van der Waals surface area contributed by atoms with Crippen LogP contribution in [0.3, 0.4) is 0 Å². The molecule has 0 aromatic heterocycles. The summed E-state index contributed by atoms with van der Waals surface area (Å²) in [4.78, 5) is 72.9. The summed E-state index contributed by atoms with van der Waals surface area (Å²) in [5.74, 6) is -2.33. The van der Waals surface area contributed by atoms with Crippen LogP contribution in [-0.4, -0.2) is 96.7 Å². The molecule has 0 aliphatic heterocycles. The largest absolute Gasteiger partial charge is 0.472 e. The molecular weight excluding hydrogens is 1350 g/mol. The van der Waals surface area contributed by atoms with E-state index in [9.17, 15) is 43.2 Å². The second-order valence-electron chi connectivity index (χ2n) is 25.9. The number of aliphatic hydroxyl groups excluding tert-OH is 1. The van der Waals surface area contributed by atoms with Crippen LogP contribution in [0.2, 0.25) is 0 Å². The topological polar surface area (TPSA) is 237 Å². The van der Waals surface area contributed by atoms with Crippen molar-refractivity contribution < 1.29 is 80.2 Å². The number of ether oxygens (including phenoxy) is 4. The molecule has 0 aliphatic rings. The highest BCUT2D eigenvalue weighted by Crippen LogP contribution is 2.45. The van der Waals surface area contributed by atoms with Gasteiger partial charge in [0.15, 0.2) is 12.2 Å². The summed E-state index contributed by atoms with van der Waals surface area (Å²) in [6, 6.07) is 0. The van der Waals surface area contributed by atoms with E-state index in [4.69, 9.17) is 37.0 Å². The van der Waals surface area contributed by atoms with Crippen molar-refractivity contribution in [3.8, 4) is 0 Å². The molecule has 0 amide bonds. The highest BCUT2D eigenvalue weighted by Gasteiger charge is 2.30. The zero-order valence-electron chi connectivity index (χ0n) is 64.6. The van der Waals surface area contributed by atoms with Gasteiger partial charge in [-0.3, -0.25) is 37.3 Å². The van der Waals surface area contributed by atoms with Gasteiger partial charge in [0, 0.05) is 25.7 Å². The van der Waals surface area contributed by atoms with Gasteiger partial charge in [0.1, 0.15) is 19.3 Å². The summed E-state index contributed by atoms with van der Waals surface area (Å²) < 4.78 is 68.4. The van der Waals surface area contributed by atoms with Crippen molar-refractivity contribution >= 4 is 39.5 Å². The van der Waals surface area contributed by atoms with Crippen LogP contribution in [0.25, 0.3) is 0 Å². The van der Waals surface area contributed by atoms with E-state index in [1.807, 2.05) is 18.2 Å². The number of carbonyl (C=O) groups excluding carboxylic acids is 4. The Kier molecular flexibility index (Phi) is 72.0. The zero-order chi connectivity index (χ0) is 76.0. The number of rotatable bonds is 73. The molecule has 5 unspecified atom stereocenters. The monoisotopic (exact) mass is 1490 g/mol. The minimum Gasteiger partial charge on any atom is -0.462 e. The first-order chi connectivity index (χ1) is 50.7. The standard InChI is InChI=1S/C85H140O17P2/c1-5-9-13-17-21-25-29-32-35-37-39-41-44-46-50-53-57-61-65-69-82(87)95-75-80(101-84(89)71-67-63-59-55-49-28-24-20-16-12-8-4)77-99-103(91,92)97-73-79(86)74-98-104(93,94)100-78-81(102-85(90)72-68-64-60-56-52-48-43-34-31-27-23-19-15-11-7-3)76-96-83(88)70-66-62-58-54-51-47-45-42-40-38-36-33-30-26-22-18-14-10-6-2/h9-10,13-14,21-23,25-27,32-36,39-43,46-47,50-51,58,62,79-81,86H,5-8,11-12,15-20,24,28-31,37-38,44-45,48-49,52-57,59-61,63-78H2,1-4H3,(H,91,92)(H,93,94)/b13-9-,14-10-,25-21-,26-22-,27-23-,35-32-,36-33-,41-39-,42-40-,43-34-,50-46-,51-47-,62-58-. The molecule has 3 N–H and O–H groups in total. The molecule has 0 radical (unpaired) electrons. The number of allylic oxidation sites excluding steroid dienone is 26. The number of esters is 4. The lowest BCUT2D eigenvalue weighted by Crippen LogP contribution is -2.30. The van der Waals surface area contributed by atoms with Gasteiger partial charge < -0.3 is 33.8 Å². The van der Waals surface area contributed by atoms with Gasteiger partial charge in [-0.1, -0.05) is 288 Å². The van der Waals surface area contributed by atoms with E-state index in [0.717, 1.165) is 154 Å². The van der Waals surface area contributed by atoms with Gasteiger partial charge in [-0.2, -0.15) is 0 Å². The third-order valence-corrected chi connectivity index (χ3v) is 17.9. The summed E-state index contributed by atoms with van der Waals surface area (Å²) in [5, 5.41) is 10.6. The lowest BCUT2D eigenvalue weighted by molar-refractivity contribution is -0.161. The number of unbranched alkanes of at least 4 members (excludes halogenated alkanes) is 21. The molecule has 0 aliphatic carbocycles. The summed E-state index contributed by atoms with van der Waals surface area (Å²) >= 11 is 0. The van der Waals surface area contributed by atoms with E-state index in [1.165, 1.54) is 57.8 Å². The molecule has 0 heterocycles. The van der Waals surface area contributed by atoms with Crippen molar-refractivity contribution in [2.75, 3.05) is 39.6 Å². The van der Waals surface area contributed by atoms with Crippen LogP contribution in [0, 0.1) is 0 Å². The van der Waals surface area contributed by atoms with Crippen LogP contribution in [0.4, 0.5) is 0 Å². The van der Waals surface area contributed by atoms with Crippen molar-refractivity contribution in [1.82, 2.24) is 0 Å². The van der Waals surface area contributed by atoms with Crippen LogP contribution in [0.1, 0.15) is 297 Å². The molecule has 0 aromatic carbocycles. The number of hydrogen-bond acceptors (Lipinski definition) is 15. The van der Waals surface area contributed by atoms with Crippen LogP contribution in [0.15, 0.2) is 158 Å². The van der Waals surface area contributed by atoms with Gasteiger partial charge in [0.2, 0.25) is 0 Å². The highest BCUT2D eigenvalue weighted by molar-refractivity contribution is 7.47. The summed E-state index contributed by atoms with van der Waals surface area (Å²) in [6.07, 6.45) is 88.1. The fraction of sp³-hybridized carbons (Fsp3) is 0.647. The number of hydrogen-bond donors (Lipinski definition) is 3. The Morgan fingerprint density at radius 3 is 0.856 bits per heavy atom. The van der Waals surface area contributed by atoms with Gasteiger partial charge in [-0.25, -0.2) is 9.13 Å². The normalized spacial score (nSPS) is 14.7. The Morgan fingerprint density at radius 1 is 0.279 bits per heavy atom. The second kappa shape index (κ2) is 75.9. The van der Waals surface area contributed by atoms with Crippen molar-refractivity contribution in [1.29, 1.82) is 0 Å². The molecule has 0 fully saturated rings. The number of phosphoric ester groups is 2. The van der Waals surface area contributed by atoms with Crippen molar-refractivity contribution in [3.05, 3.63) is 158 Å². The second-order valence-corrected chi connectivity index (χ2v) is 28.8. The predicted octanol–water partition coefficient (Wildman–Crippen LogP) is 23.2. The van der Waals surface area contributed by atoms with E-state index < -0.39 is 97.5 Å². The predicted molar refractivity (Wildman–Crippen MR) is 427 cm³/mol. The molecule has 0 bridgehead atoms. The van der Waals surface area contributed by atoms with E-state index in [0.29, 0.717) is 32.1 Å². The van der Waals surface area contributed by atoms with Crippen LogP contribution in [-0.2, 0) is 65.4 Å². The highest BCUT2D eigenvalue weighted by atomic mass is 31.2. The van der Waals surface area contributed by atoms with Crippen LogP contribution in [0.5, 0.6) is 0 Å². The minimum absolute atomic E-state index is 0.0284. The van der Waals surface area contributed by atoms with Gasteiger partial charge in [-0.15, -0.1) is 0 Å². The van der Waals surface area contributed by atoms with E-state index in [2.05, 4.69) is 167 Å². The zero-order valence-corrected chi connectivity index (χ0v) is 66.4. The Morgan fingerprint density at radius 2 is 0.519 bits per heavy atom. The van der Waals surface area contributed by atoms with Gasteiger partial charge >= 0.3 is 39.5 Å². The Bertz CT molecular complexity index is 2590. The summed E-state index contributed by atoms with van der Waals surface area (Å²) in [6.45, 7) is 4.47. The van der Waals surface area contributed by atoms with Gasteiger partial charge in [0.05, 0.1) is 26.4 Å². The Hall–Kier alpha value is -5.32. The third-order valence-electron chi connectivity index (χ3n) is 16.0. The quantitative estimate of drug-likeness (QED) is 0.0169. The molecule has 0 saturated heterocycles. The SMILES string of the molecule is CC/C=C\C/C=C\C/C=C\C/C=C\C/C=C\C/C=C\CCC(=O)OCC(COP(=O)(O)OCC(O)COP(=O)(O)OCC(COC(=O)CCCCC/C=C\C/C=C\C/C=C\C/C=C\C/C=C\CC)OC(=O)CCCCCCCCCCCCC)OC(=O)CCCCCCC/C=C\C/C=C\CCCCC. The molecule has 0 saturated carbocycles. The average Bonchev–Trinajstić information content (AvgIpc) is 0.929. The first-order valence-electron chi connectivity index (χ1n) is 39.7. The number of phosphoric acid groups is 2. The van der Waals surface area contributed by atoms with Crippen LogP contribution >= 0.6 is 15.6 Å². The molecule has 0 spiro atoms. The summed E-state index contributed by atoms with van der Waals surface area (Å²) in [7, 11) is -9.99. The Labute approximate surface area is 629 Å². The fourth-order valence-electron chi connectivity index (χ4n) is 10.0. The van der Waals surface area contributed by atoms with Crippen LogP contribution < -0.4 is 0 Å². The fourth-order valence-corrected chi connectivity index (χ4v) is 11.6. The van der Waals surface area contributed by atoms with Gasteiger partial charge in [-0.05, 0) is 141 Å². The molecule has 17 nitrogen and oxygen atoms in total. The maximum Gasteiger partial charge on any atom is 0.472 e. The lowest BCUT2D eigenvalue weighted by atomic mass is 10.1. The molecule has 0 rings (SSSR count). The van der Waals surface area contributed by atoms with E-state index >= 15 is 0 Å². The average molecular weight is 1500 g/mol. The molecule has 5 atom stereocenters. The number of aliphatic hydroxyl groups is 1. The lowest BCUT2D eigenvalue weighted by Gasteiger charge is -2.21. The third kappa shape index (κ3) is 74.9. The van der Waals surface area contributed by atoms with Crippen molar-refractivity contribution in [2.45, 2.75) is 316 Å². The first-order valence-corrected chi connectivity index (χ1v) is 42.7. The molecule has 19 heteroatoms. The first kappa shape index (κ1) is 98.7. The smallest absolute Gasteiger partial charge is 0.462 e. The van der Waals surface area contributed by atoms with Crippen molar-refractivity contribution in [3.63, 3.8) is 0 Å². The molecule has 104 heavy (non-hydrogen) atoms. The number of carbonyl (C=O) groups is 4.